The molecule has 2 atom stereocenters. The number of carbonyl (C=O) groups is 2. The number of rotatable bonds is 5. The van der Waals surface area contributed by atoms with Gasteiger partial charge in [0.25, 0.3) is 0 Å². The van der Waals surface area contributed by atoms with Gasteiger partial charge in [0.15, 0.2) is 0 Å². The van der Waals surface area contributed by atoms with Gasteiger partial charge in [-0.3, -0.25) is 9.69 Å². The maximum atomic E-state index is 12.0. The van der Waals surface area contributed by atoms with Crippen molar-refractivity contribution in [2.24, 2.45) is 5.92 Å². The van der Waals surface area contributed by atoms with Crippen molar-refractivity contribution in [3.63, 3.8) is 0 Å². The molecule has 0 aromatic heterocycles. The lowest BCUT2D eigenvalue weighted by atomic mass is 9.97. The third-order valence-electron chi connectivity index (χ3n) is 4.50. The van der Waals surface area contributed by atoms with Crippen LogP contribution in [0.25, 0.3) is 0 Å². The molecule has 1 aliphatic rings. The lowest BCUT2D eigenvalue weighted by Crippen LogP contribution is -2.48. The van der Waals surface area contributed by atoms with E-state index in [0.29, 0.717) is 12.5 Å². The number of urea groups is 1. The number of methoxy groups -OCH3 is 1. The number of amides is 2. The van der Waals surface area contributed by atoms with Gasteiger partial charge in [-0.2, -0.15) is 0 Å². The number of piperidine rings is 1. The summed E-state index contributed by atoms with van der Waals surface area (Å²) in [5.41, 5.74) is 1.94. The predicted molar refractivity (Wildman–Crippen MR) is 94.0 cm³/mol. The summed E-state index contributed by atoms with van der Waals surface area (Å²) in [6, 6.07) is 7.26. The molecule has 24 heavy (non-hydrogen) atoms. The fraction of sp³-hybridized carbons (Fsp3) is 0.556. The Labute approximate surface area is 143 Å². The summed E-state index contributed by atoms with van der Waals surface area (Å²) in [7, 11) is 1.41. The highest BCUT2D eigenvalue weighted by atomic mass is 16.5. The summed E-state index contributed by atoms with van der Waals surface area (Å²) in [6.45, 7) is 6.16. The van der Waals surface area contributed by atoms with Crippen LogP contribution >= 0.6 is 0 Å². The van der Waals surface area contributed by atoms with Crippen LogP contribution in [0.3, 0.4) is 0 Å². The quantitative estimate of drug-likeness (QED) is 0.812. The number of anilines is 1. The third-order valence-corrected chi connectivity index (χ3v) is 4.50. The number of nitrogens with one attached hydrogen (secondary N) is 2. The van der Waals surface area contributed by atoms with Crippen LogP contribution in [0, 0.1) is 12.8 Å². The Balaban J connectivity index is 1.77. The number of carbonyl (C=O) groups excluding carboxylic acids is 2. The van der Waals surface area contributed by atoms with Gasteiger partial charge in [0.1, 0.15) is 6.04 Å². The first-order chi connectivity index (χ1) is 11.5. The van der Waals surface area contributed by atoms with Crippen molar-refractivity contribution in [1.29, 1.82) is 0 Å². The Kier molecular flexibility index (Phi) is 6.61. The molecule has 1 saturated heterocycles. The van der Waals surface area contributed by atoms with Crippen LogP contribution in [0.15, 0.2) is 24.3 Å². The van der Waals surface area contributed by atoms with Crippen molar-refractivity contribution in [3.05, 3.63) is 29.8 Å². The fourth-order valence-electron chi connectivity index (χ4n) is 2.98. The standard InChI is InChI=1S/C18H27N3O3/c1-13-6-8-16(9-7-13)20-18(23)19-11-15-5-4-10-21(12-15)14(2)17(22)24-3/h6-9,14-15H,4-5,10-12H2,1-3H3,(H2,19,20,23). The minimum absolute atomic E-state index is 0.197. The first kappa shape index (κ1) is 18.3. The number of aryl methyl sites for hydroxylation is 1. The predicted octanol–water partition coefficient (Wildman–Crippen LogP) is 2.39. The van der Waals surface area contributed by atoms with Gasteiger partial charge in [-0.25, -0.2) is 4.79 Å². The van der Waals surface area contributed by atoms with E-state index in [0.717, 1.165) is 37.2 Å². The third kappa shape index (κ3) is 5.23. The second-order valence-electron chi connectivity index (χ2n) is 6.40. The molecular formula is C18H27N3O3. The molecule has 2 rings (SSSR count). The Bertz CT molecular complexity index is 559. The Hall–Kier alpha value is -2.08. The maximum Gasteiger partial charge on any atom is 0.322 e. The summed E-state index contributed by atoms with van der Waals surface area (Å²) < 4.78 is 4.81. The molecule has 0 aliphatic carbocycles. The van der Waals surface area contributed by atoms with Gasteiger partial charge in [-0.1, -0.05) is 17.7 Å². The zero-order chi connectivity index (χ0) is 17.5. The minimum Gasteiger partial charge on any atom is -0.468 e. The zero-order valence-electron chi connectivity index (χ0n) is 14.7. The minimum atomic E-state index is -0.237. The first-order valence-electron chi connectivity index (χ1n) is 8.43. The molecule has 1 aromatic rings. The van der Waals surface area contributed by atoms with E-state index in [1.165, 1.54) is 7.11 Å². The van der Waals surface area contributed by atoms with Gasteiger partial charge in [0.05, 0.1) is 7.11 Å². The molecule has 1 fully saturated rings. The Morgan fingerprint density at radius 1 is 1.33 bits per heavy atom. The van der Waals surface area contributed by atoms with Crippen LogP contribution in [0.4, 0.5) is 10.5 Å². The van der Waals surface area contributed by atoms with Crippen molar-refractivity contribution in [2.45, 2.75) is 32.7 Å². The van der Waals surface area contributed by atoms with Crippen molar-refractivity contribution in [1.82, 2.24) is 10.2 Å². The van der Waals surface area contributed by atoms with Gasteiger partial charge in [0.2, 0.25) is 0 Å². The molecule has 0 saturated carbocycles. The van der Waals surface area contributed by atoms with E-state index in [-0.39, 0.29) is 18.0 Å². The van der Waals surface area contributed by atoms with Crippen molar-refractivity contribution in [3.8, 4) is 0 Å². The fourth-order valence-corrected chi connectivity index (χ4v) is 2.98. The monoisotopic (exact) mass is 333 g/mol. The highest BCUT2D eigenvalue weighted by Gasteiger charge is 2.27. The summed E-state index contributed by atoms with van der Waals surface area (Å²) in [5.74, 6) is 0.135. The van der Waals surface area contributed by atoms with E-state index in [1.54, 1.807) is 0 Å². The highest BCUT2D eigenvalue weighted by molar-refractivity contribution is 5.89. The highest BCUT2D eigenvalue weighted by Crippen LogP contribution is 2.18. The lowest BCUT2D eigenvalue weighted by molar-refractivity contribution is -0.147. The second-order valence-corrected chi connectivity index (χ2v) is 6.40. The van der Waals surface area contributed by atoms with Gasteiger partial charge in [-0.15, -0.1) is 0 Å². The Morgan fingerprint density at radius 3 is 2.71 bits per heavy atom. The molecule has 6 nitrogen and oxygen atoms in total. The normalized spacial score (nSPS) is 19.4. The summed E-state index contributed by atoms with van der Waals surface area (Å²) in [6.07, 6.45) is 2.07. The largest absolute Gasteiger partial charge is 0.468 e. The summed E-state index contributed by atoms with van der Waals surface area (Å²) in [5, 5.41) is 5.76. The molecule has 0 radical (unpaired) electrons. The second kappa shape index (κ2) is 8.68. The van der Waals surface area contributed by atoms with Gasteiger partial charge in [0, 0.05) is 18.8 Å². The number of esters is 1. The van der Waals surface area contributed by atoms with Crippen molar-refractivity contribution < 1.29 is 14.3 Å². The van der Waals surface area contributed by atoms with E-state index in [2.05, 4.69) is 15.5 Å². The molecule has 132 valence electrons. The van der Waals surface area contributed by atoms with E-state index < -0.39 is 0 Å². The topological polar surface area (TPSA) is 70.7 Å². The number of hydrogen-bond donors (Lipinski definition) is 2. The van der Waals surface area contributed by atoms with Crippen LogP contribution in [0.1, 0.15) is 25.3 Å². The summed E-state index contributed by atoms with van der Waals surface area (Å²) >= 11 is 0. The molecule has 0 spiro atoms. The number of ether oxygens (including phenoxy) is 1. The van der Waals surface area contributed by atoms with Crippen molar-refractivity contribution >= 4 is 17.7 Å². The van der Waals surface area contributed by atoms with E-state index in [4.69, 9.17) is 4.74 Å². The summed E-state index contributed by atoms with van der Waals surface area (Å²) in [4.78, 5) is 25.8. The SMILES string of the molecule is COC(=O)C(C)N1CCCC(CNC(=O)Nc2ccc(C)cc2)C1. The number of nitrogens with zero attached hydrogens (tertiary/aromatic N) is 1. The molecule has 2 N–H and O–H groups in total. The van der Waals surface area contributed by atoms with E-state index in [1.807, 2.05) is 38.1 Å². The maximum absolute atomic E-state index is 12.0. The molecular weight excluding hydrogens is 306 g/mol. The number of benzene rings is 1. The van der Waals surface area contributed by atoms with Gasteiger partial charge < -0.3 is 15.4 Å². The molecule has 6 heteroatoms. The van der Waals surface area contributed by atoms with Crippen molar-refractivity contribution in [2.75, 3.05) is 32.1 Å². The van der Waals surface area contributed by atoms with Crippen LogP contribution < -0.4 is 10.6 Å². The number of likely N-dealkylation sites (tertiary alicyclic amines) is 1. The molecule has 1 aliphatic heterocycles. The van der Waals surface area contributed by atoms with Crippen LogP contribution in [-0.2, 0) is 9.53 Å². The molecule has 1 heterocycles. The zero-order valence-corrected chi connectivity index (χ0v) is 14.7. The van der Waals surface area contributed by atoms with Gasteiger partial charge >= 0.3 is 12.0 Å². The van der Waals surface area contributed by atoms with Crippen LogP contribution in [0.5, 0.6) is 0 Å². The smallest absolute Gasteiger partial charge is 0.322 e. The van der Waals surface area contributed by atoms with Crippen LogP contribution in [0.2, 0.25) is 0 Å². The molecule has 0 bridgehead atoms. The molecule has 1 aromatic carbocycles. The molecule has 2 unspecified atom stereocenters. The first-order valence-corrected chi connectivity index (χ1v) is 8.43. The van der Waals surface area contributed by atoms with Crippen LogP contribution in [-0.4, -0.2) is 49.7 Å². The van der Waals surface area contributed by atoms with E-state index >= 15 is 0 Å². The Morgan fingerprint density at radius 2 is 2.04 bits per heavy atom. The van der Waals surface area contributed by atoms with Gasteiger partial charge in [-0.05, 0) is 51.3 Å². The number of hydrogen-bond acceptors (Lipinski definition) is 4. The average molecular weight is 333 g/mol. The molecule has 2 amide bonds. The average Bonchev–Trinajstić information content (AvgIpc) is 2.61. The lowest BCUT2D eigenvalue weighted by Gasteiger charge is -2.35. The van der Waals surface area contributed by atoms with E-state index in [9.17, 15) is 9.59 Å².